The summed E-state index contributed by atoms with van der Waals surface area (Å²) < 4.78 is 23.1. The zero-order chi connectivity index (χ0) is 12.5. The SMILES string of the molecule is COCCCN(CCOC)c1ccnc(F)c1. The molecule has 1 rings (SSSR count). The Morgan fingerprint density at radius 2 is 2.00 bits per heavy atom. The van der Waals surface area contributed by atoms with Gasteiger partial charge in [-0.1, -0.05) is 0 Å². The van der Waals surface area contributed by atoms with E-state index in [1.807, 2.05) is 0 Å². The van der Waals surface area contributed by atoms with E-state index in [0.29, 0.717) is 13.2 Å². The van der Waals surface area contributed by atoms with Gasteiger partial charge < -0.3 is 14.4 Å². The van der Waals surface area contributed by atoms with Gasteiger partial charge in [0.2, 0.25) is 5.95 Å². The van der Waals surface area contributed by atoms with Gasteiger partial charge >= 0.3 is 0 Å². The third-order valence-corrected chi connectivity index (χ3v) is 2.42. The maximum absolute atomic E-state index is 13.0. The molecule has 1 aromatic rings. The monoisotopic (exact) mass is 242 g/mol. The normalized spacial score (nSPS) is 10.5. The third-order valence-electron chi connectivity index (χ3n) is 2.42. The van der Waals surface area contributed by atoms with Gasteiger partial charge in [-0.05, 0) is 12.5 Å². The highest BCUT2D eigenvalue weighted by molar-refractivity contribution is 5.44. The maximum Gasteiger partial charge on any atom is 0.214 e. The van der Waals surface area contributed by atoms with E-state index in [-0.39, 0.29) is 0 Å². The number of hydrogen-bond acceptors (Lipinski definition) is 4. The molecule has 0 radical (unpaired) electrons. The van der Waals surface area contributed by atoms with Crippen molar-refractivity contribution in [3.8, 4) is 0 Å². The van der Waals surface area contributed by atoms with E-state index in [2.05, 4.69) is 9.88 Å². The number of anilines is 1. The van der Waals surface area contributed by atoms with Crippen LogP contribution in [0.1, 0.15) is 6.42 Å². The van der Waals surface area contributed by atoms with Crippen LogP contribution in [-0.4, -0.2) is 45.5 Å². The van der Waals surface area contributed by atoms with Gasteiger partial charge in [0, 0.05) is 51.9 Å². The zero-order valence-electron chi connectivity index (χ0n) is 10.4. The van der Waals surface area contributed by atoms with E-state index < -0.39 is 5.95 Å². The number of rotatable bonds is 8. The molecule has 0 unspecified atom stereocenters. The van der Waals surface area contributed by atoms with Gasteiger partial charge in [-0.15, -0.1) is 0 Å². The number of methoxy groups -OCH3 is 2. The molecule has 1 heterocycles. The van der Waals surface area contributed by atoms with Crippen LogP contribution in [0.15, 0.2) is 18.3 Å². The smallest absolute Gasteiger partial charge is 0.214 e. The predicted molar refractivity (Wildman–Crippen MR) is 64.8 cm³/mol. The topological polar surface area (TPSA) is 34.6 Å². The molecule has 5 heteroatoms. The van der Waals surface area contributed by atoms with Crippen molar-refractivity contribution in [3.05, 3.63) is 24.3 Å². The van der Waals surface area contributed by atoms with Crippen LogP contribution in [0.3, 0.4) is 0 Å². The Balaban J connectivity index is 2.60. The van der Waals surface area contributed by atoms with Gasteiger partial charge in [0.25, 0.3) is 0 Å². The summed E-state index contributed by atoms with van der Waals surface area (Å²) in [6, 6.07) is 3.23. The van der Waals surface area contributed by atoms with Crippen molar-refractivity contribution in [1.82, 2.24) is 4.98 Å². The van der Waals surface area contributed by atoms with Crippen LogP contribution in [0.4, 0.5) is 10.1 Å². The molecule has 96 valence electrons. The van der Waals surface area contributed by atoms with E-state index >= 15 is 0 Å². The van der Waals surface area contributed by atoms with Crippen molar-refractivity contribution in [2.45, 2.75) is 6.42 Å². The van der Waals surface area contributed by atoms with Crippen LogP contribution in [-0.2, 0) is 9.47 Å². The number of halogens is 1. The lowest BCUT2D eigenvalue weighted by Gasteiger charge is -2.24. The fourth-order valence-corrected chi connectivity index (χ4v) is 1.56. The second-order valence-electron chi connectivity index (χ2n) is 3.66. The quantitative estimate of drug-likeness (QED) is 0.513. The molecule has 1 aromatic heterocycles. The molecule has 0 atom stereocenters. The van der Waals surface area contributed by atoms with Crippen molar-refractivity contribution in [2.75, 3.05) is 45.4 Å². The van der Waals surface area contributed by atoms with Gasteiger partial charge in [-0.3, -0.25) is 0 Å². The molecule has 0 fully saturated rings. The van der Waals surface area contributed by atoms with Crippen molar-refractivity contribution < 1.29 is 13.9 Å². The molecular formula is C12H19FN2O2. The van der Waals surface area contributed by atoms with Crippen LogP contribution in [0.2, 0.25) is 0 Å². The number of aromatic nitrogens is 1. The van der Waals surface area contributed by atoms with Crippen molar-refractivity contribution in [3.63, 3.8) is 0 Å². The molecule has 0 saturated heterocycles. The van der Waals surface area contributed by atoms with E-state index in [0.717, 1.165) is 25.2 Å². The summed E-state index contributed by atoms with van der Waals surface area (Å²) in [6.45, 7) is 2.83. The van der Waals surface area contributed by atoms with E-state index in [1.54, 1.807) is 20.3 Å². The van der Waals surface area contributed by atoms with Crippen LogP contribution >= 0.6 is 0 Å². The minimum atomic E-state index is -0.461. The molecule has 0 aliphatic carbocycles. The first-order valence-electron chi connectivity index (χ1n) is 5.62. The first-order chi connectivity index (χ1) is 8.27. The second-order valence-corrected chi connectivity index (χ2v) is 3.66. The van der Waals surface area contributed by atoms with Gasteiger partial charge in [0.1, 0.15) is 0 Å². The maximum atomic E-state index is 13.0. The van der Waals surface area contributed by atoms with Crippen LogP contribution in [0, 0.1) is 5.95 Å². The van der Waals surface area contributed by atoms with Crippen LogP contribution in [0.5, 0.6) is 0 Å². The summed E-state index contributed by atoms with van der Waals surface area (Å²) in [6.07, 6.45) is 2.37. The Bertz CT molecular complexity index is 323. The highest BCUT2D eigenvalue weighted by Gasteiger charge is 2.07. The highest BCUT2D eigenvalue weighted by atomic mass is 19.1. The van der Waals surface area contributed by atoms with Gasteiger partial charge in [-0.2, -0.15) is 4.39 Å². The number of ether oxygens (including phenoxy) is 2. The molecule has 17 heavy (non-hydrogen) atoms. The Morgan fingerprint density at radius 3 is 2.65 bits per heavy atom. The first-order valence-corrected chi connectivity index (χ1v) is 5.62. The summed E-state index contributed by atoms with van der Waals surface area (Å²) in [4.78, 5) is 5.61. The zero-order valence-corrected chi connectivity index (χ0v) is 10.4. The minimum Gasteiger partial charge on any atom is -0.385 e. The molecule has 0 saturated carbocycles. The average molecular weight is 242 g/mol. The van der Waals surface area contributed by atoms with Gasteiger partial charge in [-0.25, -0.2) is 4.98 Å². The Morgan fingerprint density at radius 1 is 1.24 bits per heavy atom. The summed E-state index contributed by atoms with van der Waals surface area (Å²) in [7, 11) is 3.33. The summed E-state index contributed by atoms with van der Waals surface area (Å²) in [5.41, 5.74) is 0.825. The summed E-state index contributed by atoms with van der Waals surface area (Å²) in [5, 5.41) is 0. The molecule has 0 aliphatic heterocycles. The Hall–Kier alpha value is -1.20. The highest BCUT2D eigenvalue weighted by Crippen LogP contribution is 2.14. The lowest BCUT2D eigenvalue weighted by molar-refractivity contribution is 0.191. The van der Waals surface area contributed by atoms with Crippen LogP contribution in [0.25, 0.3) is 0 Å². The Kier molecular flexibility index (Phi) is 6.50. The fourth-order valence-electron chi connectivity index (χ4n) is 1.56. The van der Waals surface area contributed by atoms with E-state index in [9.17, 15) is 4.39 Å². The molecule has 0 aromatic carbocycles. The standard InChI is InChI=1S/C12H19FN2O2/c1-16-8-3-6-15(7-9-17-2)11-4-5-14-12(13)10-11/h4-5,10H,3,6-9H2,1-2H3. The number of hydrogen-bond donors (Lipinski definition) is 0. The largest absolute Gasteiger partial charge is 0.385 e. The Labute approximate surface area is 101 Å². The molecule has 0 bridgehead atoms. The van der Waals surface area contributed by atoms with Crippen molar-refractivity contribution in [2.24, 2.45) is 0 Å². The molecular weight excluding hydrogens is 223 g/mol. The molecule has 4 nitrogen and oxygen atoms in total. The van der Waals surface area contributed by atoms with Crippen molar-refractivity contribution in [1.29, 1.82) is 0 Å². The van der Waals surface area contributed by atoms with Gasteiger partial charge in [0.05, 0.1) is 6.61 Å². The molecule has 0 spiro atoms. The summed E-state index contributed by atoms with van der Waals surface area (Å²) >= 11 is 0. The van der Waals surface area contributed by atoms with Crippen molar-refractivity contribution >= 4 is 5.69 Å². The van der Waals surface area contributed by atoms with Crippen LogP contribution < -0.4 is 4.90 Å². The number of nitrogens with zero attached hydrogens (tertiary/aromatic N) is 2. The molecule has 0 aliphatic rings. The second kappa shape index (κ2) is 7.97. The first kappa shape index (κ1) is 13.9. The fraction of sp³-hybridized carbons (Fsp3) is 0.583. The van der Waals surface area contributed by atoms with E-state index in [4.69, 9.17) is 9.47 Å². The van der Waals surface area contributed by atoms with Gasteiger partial charge in [0.15, 0.2) is 0 Å². The lowest BCUT2D eigenvalue weighted by Crippen LogP contribution is -2.29. The minimum absolute atomic E-state index is 0.461. The molecule has 0 N–H and O–H groups in total. The predicted octanol–water partition coefficient (Wildman–Crippen LogP) is 1.71. The van der Waals surface area contributed by atoms with E-state index in [1.165, 1.54) is 12.3 Å². The average Bonchev–Trinajstić information content (AvgIpc) is 2.33. The lowest BCUT2D eigenvalue weighted by atomic mass is 10.3. The number of pyridine rings is 1. The molecule has 0 amide bonds. The summed E-state index contributed by atoms with van der Waals surface area (Å²) in [5.74, 6) is -0.461. The third kappa shape index (κ3) is 5.10.